The van der Waals surface area contributed by atoms with Crippen molar-refractivity contribution in [1.82, 2.24) is 0 Å². The van der Waals surface area contributed by atoms with Gasteiger partial charge in [0.1, 0.15) is 5.82 Å². The molecule has 86 valence electrons. The average molecular weight is 259 g/mol. The topological polar surface area (TPSA) is 0 Å². The van der Waals surface area contributed by atoms with Crippen LogP contribution in [0.2, 0.25) is 5.02 Å². The molecule has 1 atom stereocenters. The van der Waals surface area contributed by atoms with Crippen molar-refractivity contribution in [1.29, 1.82) is 0 Å². The monoisotopic (exact) mass is 258 g/mol. The molecule has 0 spiro atoms. The van der Waals surface area contributed by atoms with Gasteiger partial charge in [-0.15, -0.1) is 11.6 Å². The number of halogens is 3. The molecule has 16 heavy (non-hydrogen) atoms. The first-order valence-electron chi connectivity index (χ1n) is 5.43. The Morgan fingerprint density at radius 1 is 1.38 bits per heavy atom. The molecule has 1 unspecified atom stereocenters. The molecule has 0 bridgehead atoms. The Labute approximate surface area is 105 Å². The number of hydrogen-bond acceptors (Lipinski definition) is 0. The van der Waals surface area contributed by atoms with Crippen molar-refractivity contribution < 1.29 is 4.39 Å². The van der Waals surface area contributed by atoms with E-state index in [-0.39, 0.29) is 11.2 Å². The summed E-state index contributed by atoms with van der Waals surface area (Å²) in [6.45, 7) is 0. The van der Waals surface area contributed by atoms with Crippen LogP contribution in [-0.2, 0) is 6.42 Å². The molecule has 1 aromatic carbocycles. The zero-order chi connectivity index (χ0) is 11.5. The second kappa shape index (κ2) is 5.20. The van der Waals surface area contributed by atoms with Gasteiger partial charge in [0.25, 0.3) is 0 Å². The molecule has 0 aliphatic heterocycles. The third-order valence-corrected chi connectivity index (χ3v) is 3.41. The fraction of sp³-hybridized carbons (Fsp3) is 0.385. The van der Waals surface area contributed by atoms with E-state index in [1.165, 1.54) is 11.6 Å². The fourth-order valence-electron chi connectivity index (χ4n) is 2.00. The Hall–Kier alpha value is -0.530. The predicted molar refractivity (Wildman–Crippen MR) is 66.7 cm³/mol. The molecule has 0 heterocycles. The summed E-state index contributed by atoms with van der Waals surface area (Å²) in [6.07, 6.45) is 5.83. The van der Waals surface area contributed by atoms with E-state index in [0.29, 0.717) is 17.0 Å². The summed E-state index contributed by atoms with van der Waals surface area (Å²) in [4.78, 5) is 0. The lowest BCUT2D eigenvalue weighted by Crippen LogP contribution is -2.05. The van der Waals surface area contributed by atoms with Crippen molar-refractivity contribution in [2.45, 2.75) is 31.1 Å². The molecule has 0 amide bonds. The van der Waals surface area contributed by atoms with Gasteiger partial charge in [0.2, 0.25) is 0 Å². The summed E-state index contributed by atoms with van der Waals surface area (Å²) in [6, 6.07) is 4.83. The van der Waals surface area contributed by atoms with Crippen LogP contribution in [0, 0.1) is 5.82 Å². The van der Waals surface area contributed by atoms with E-state index in [0.717, 1.165) is 19.3 Å². The van der Waals surface area contributed by atoms with E-state index >= 15 is 0 Å². The first kappa shape index (κ1) is 11.9. The Balaban J connectivity index is 2.14. The third-order valence-electron chi connectivity index (χ3n) is 2.83. The van der Waals surface area contributed by atoms with Crippen molar-refractivity contribution in [2.75, 3.05) is 0 Å². The molecule has 0 aromatic heterocycles. The highest BCUT2D eigenvalue weighted by molar-refractivity contribution is 6.30. The van der Waals surface area contributed by atoms with Gasteiger partial charge in [0, 0.05) is 5.02 Å². The predicted octanol–water partition coefficient (Wildman–Crippen LogP) is 4.74. The first-order chi connectivity index (χ1) is 7.65. The van der Waals surface area contributed by atoms with Crippen LogP contribution in [0.1, 0.15) is 24.8 Å². The van der Waals surface area contributed by atoms with Gasteiger partial charge in [-0.2, -0.15) is 0 Å². The van der Waals surface area contributed by atoms with Crippen molar-refractivity contribution in [3.05, 3.63) is 46.3 Å². The van der Waals surface area contributed by atoms with Gasteiger partial charge in [-0.05, 0) is 43.4 Å². The Morgan fingerprint density at radius 2 is 2.19 bits per heavy atom. The molecule has 0 radical (unpaired) electrons. The van der Waals surface area contributed by atoms with Gasteiger partial charge in [-0.3, -0.25) is 0 Å². The van der Waals surface area contributed by atoms with Crippen LogP contribution in [0.3, 0.4) is 0 Å². The van der Waals surface area contributed by atoms with Crippen molar-refractivity contribution >= 4 is 23.2 Å². The maximum Gasteiger partial charge on any atom is 0.128 e. The lowest BCUT2D eigenvalue weighted by Gasteiger charge is -2.16. The molecule has 3 heteroatoms. The number of alkyl halides is 1. The smallest absolute Gasteiger partial charge is 0.128 e. The van der Waals surface area contributed by atoms with Gasteiger partial charge >= 0.3 is 0 Å². The van der Waals surface area contributed by atoms with E-state index in [4.69, 9.17) is 23.2 Å². The van der Waals surface area contributed by atoms with E-state index < -0.39 is 0 Å². The van der Waals surface area contributed by atoms with Crippen LogP contribution < -0.4 is 0 Å². The summed E-state index contributed by atoms with van der Waals surface area (Å²) in [5, 5.41) is 0.549. The summed E-state index contributed by atoms with van der Waals surface area (Å²) >= 11 is 11.8. The minimum Gasteiger partial charge on any atom is -0.207 e. The molecule has 0 fully saturated rings. The highest BCUT2D eigenvalue weighted by atomic mass is 35.5. The van der Waals surface area contributed by atoms with Crippen molar-refractivity contribution in [3.8, 4) is 0 Å². The third kappa shape index (κ3) is 2.99. The van der Waals surface area contributed by atoms with Crippen molar-refractivity contribution in [3.63, 3.8) is 0 Å². The molecule has 1 aliphatic carbocycles. The summed E-state index contributed by atoms with van der Waals surface area (Å²) < 4.78 is 13.6. The van der Waals surface area contributed by atoms with Crippen LogP contribution >= 0.6 is 23.2 Å². The minimum atomic E-state index is -0.231. The molecular weight excluding hydrogens is 246 g/mol. The summed E-state index contributed by atoms with van der Waals surface area (Å²) in [5.41, 5.74) is 1.92. The Kier molecular flexibility index (Phi) is 3.88. The zero-order valence-corrected chi connectivity index (χ0v) is 10.4. The minimum absolute atomic E-state index is 0.110. The van der Waals surface area contributed by atoms with Gasteiger partial charge in [0.15, 0.2) is 0 Å². The van der Waals surface area contributed by atoms with Crippen molar-refractivity contribution in [2.24, 2.45) is 0 Å². The van der Waals surface area contributed by atoms with E-state index in [9.17, 15) is 4.39 Å². The number of benzene rings is 1. The second-order valence-corrected chi connectivity index (χ2v) is 5.14. The van der Waals surface area contributed by atoms with Crippen LogP contribution in [0.15, 0.2) is 29.8 Å². The standard InChI is InChI=1S/C13H13Cl2F/c14-11-3-1-2-9(7-11)6-10-4-5-12(15)8-13(10)16/h4-5,7-8,11H,1-3,6H2. The molecule has 0 nitrogen and oxygen atoms in total. The molecule has 0 saturated heterocycles. The van der Waals surface area contributed by atoms with E-state index in [1.807, 2.05) is 0 Å². The Bertz CT molecular complexity index is 412. The highest BCUT2D eigenvalue weighted by Crippen LogP contribution is 2.26. The van der Waals surface area contributed by atoms with E-state index in [2.05, 4.69) is 6.08 Å². The normalized spacial score (nSPS) is 20.7. The van der Waals surface area contributed by atoms with Gasteiger partial charge < -0.3 is 0 Å². The molecule has 0 N–H and O–H groups in total. The molecule has 1 aromatic rings. The lowest BCUT2D eigenvalue weighted by atomic mass is 9.94. The fourth-order valence-corrected chi connectivity index (χ4v) is 2.49. The van der Waals surface area contributed by atoms with E-state index in [1.54, 1.807) is 12.1 Å². The Morgan fingerprint density at radius 3 is 2.88 bits per heavy atom. The van der Waals surface area contributed by atoms with Gasteiger partial charge in [0.05, 0.1) is 5.38 Å². The van der Waals surface area contributed by atoms with Gasteiger partial charge in [-0.25, -0.2) is 4.39 Å². The molecule has 2 rings (SSSR count). The van der Waals surface area contributed by atoms with Gasteiger partial charge in [-0.1, -0.05) is 29.3 Å². The van der Waals surface area contributed by atoms with Crippen LogP contribution in [0.4, 0.5) is 4.39 Å². The second-order valence-electron chi connectivity index (χ2n) is 4.15. The van der Waals surface area contributed by atoms with Crippen LogP contribution in [-0.4, -0.2) is 5.38 Å². The summed E-state index contributed by atoms with van der Waals surface area (Å²) in [5.74, 6) is -0.231. The molecule has 1 aliphatic rings. The summed E-state index contributed by atoms with van der Waals surface area (Å²) in [7, 11) is 0. The number of allylic oxidation sites excluding steroid dienone is 2. The number of hydrogen-bond donors (Lipinski definition) is 0. The maximum absolute atomic E-state index is 13.6. The van der Waals surface area contributed by atoms with Crippen LogP contribution in [0.5, 0.6) is 0 Å². The highest BCUT2D eigenvalue weighted by Gasteiger charge is 2.13. The quantitative estimate of drug-likeness (QED) is 0.531. The lowest BCUT2D eigenvalue weighted by molar-refractivity contribution is 0.608. The SMILES string of the molecule is Fc1cc(Cl)ccc1CC1=CC(Cl)CCC1. The van der Waals surface area contributed by atoms with Crippen LogP contribution in [0.25, 0.3) is 0 Å². The molecule has 0 saturated carbocycles. The maximum atomic E-state index is 13.6. The largest absolute Gasteiger partial charge is 0.207 e. The zero-order valence-electron chi connectivity index (χ0n) is 8.85. The number of rotatable bonds is 2. The first-order valence-corrected chi connectivity index (χ1v) is 6.24. The average Bonchev–Trinajstić information content (AvgIpc) is 2.22. The molecular formula is C13H13Cl2F.